The third kappa shape index (κ3) is 40.5. The van der Waals surface area contributed by atoms with Crippen LogP contribution in [0, 0.1) is 0 Å². The van der Waals surface area contributed by atoms with Gasteiger partial charge in [0.1, 0.15) is 0 Å². The summed E-state index contributed by atoms with van der Waals surface area (Å²) in [5.74, 6) is -0.374. The minimum absolute atomic E-state index is 0.0781. The van der Waals surface area contributed by atoms with E-state index in [1.54, 1.807) is 0 Å². The molecule has 0 heterocycles. The number of carbonyl (C=O) groups is 3. The van der Waals surface area contributed by atoms with E-state index in [0.717, 1.165) is 90.5 Å². The second-order valence-corrected chi connectivity index (χ2v) is 16.2. The van der Waals surface area contributed by atoms with Gasteiger partial charge in [-0.2, -0.15) is 0 Å². The van der Waals surface area contributed by atoms with Gasteiger partial charge in [-0.1, -0.05) is 156 Å². The number of rotatable bonds is 45. The molecule has 0 aliphatic heterocycles. The van der Waals surface area contributed by atoms with Crippen LogP contribution in [0.1, 0.15) is 220 Å². The van der Waals surface area contributed by atoms with Crippen LogP contribution in [-0.2, 0) is 28.6 Å². The Morgan fingerprint density at radius 1 is 0.339 bits per heavy atom. The molecule has 0 aromatic carbocycles. The molecule has 0 fully saturated rings. The van der Waals surface area contributed by atoms with E-state index in [1.807, 2.05) is 0 Å². The number of hydrogen-bond donors (Lipinski definition) is 1. The van der Waals surface area contributed by atoms with Crippen molar-refractivity contribution >= 4 is 17.9 Å². The molecule has 0 unspecified atom stereocenters. The quantitative estimate of drug-likeness (QED) is 0.0366. The van der Waals surface area contributed by atoms with E-state index in [-0.39, 0.29) is 24.5 Å². The summed E-state index contributed by atoms with van der Waals surface area (Å²) in [5, 5.41) is 9.69. The van der Waals surface area contributed by atoms with Crippen LogP contribution in [0.5, 0.6) is 0 Å². The van der Waals surface area contributed by atoms with E-state index in [1.165, 1.54) is 116 Å². The highest BCUT2D eigenvalue weighted by atomic mass is 16.5. The van der Waals surface area contributed by atoms with Crippen LogP contribution in [-0.4, -0.2) is 98.5 Å². The maximum Gasteiger partial charge on any atom is 0.305 e. The van der Waals surface area contributed by atoms with E-state index in [0.29, 0.717) is 52.0 Å². The van der Waals surface area contributed by atoms with E-state index >= 15 is 0 Å². The molecule has 0 aromatic heterocycles. The zero-order valence-electron chi connectivity index (χ0n) is 37.3. The molecular weight excluding hydrogens is 705 g/mol. The first-order chi connectivity index (χ1) is 27.5. The fourth-order valence-corrected chi connectivity index (χ4v) is 7.15. The number of hydrogen-bond acceptors (Lipinski definition) is 9. The number of aliphatic hydroxyl groups excluding tert-OH is 1. The molecule has 9 nitrogen and oxygen atoms in total. The normalized spacial score (nSPS) is 11.5. The molecule has 0 saturated heterocycles. The summed E-state index contributed by atoms with van der Waals surface area (Å²) in [6, 6.07) is 0. The van der Waals surface area contributed by atoms with Gasteiger partial charge in [-0.05, 0) is 77.7 Å². The standard InChI is InChI=1S/C47H92N2O7/c1-4-7-10-13-16-19-22-25-42-54-45(51)32-28-35-48(36-29-33-46(52)55-43-26-23-20-17-14-11-8-5-2)38-31-39-49(40-41-50)37-30-34-47(53)56-44-27-24-21-18-15-12-9-6-3/h50H,4-44H2,1-3H3. The Hall–Kier alpha value is -1.71. The van der Waals surface area contributed by atoms with Crippen molar-refractivity contribution in [3.8, 4) is 0 Å². The summed E-state index contributed by atoms with van der Waals surface area (Å²) in [4.78, 5) is 41.8. The van der Waals surface area contributed by atoms with Gasteiger partial charge in [-0.15, -0.1) is 0 Å². The van der Waals surface area contributed by atoms with Gasteiger partial charge in [0.05, 0.1) is 26.4 Å². The van der Waals surface area contributed by atoms with Crippen molar-refractivity contribution < 1.29 is 33.7 Å². The zero-order chi connectivity index (χ0) is 41.0. The third-order valence-electron chi connectivity index (χ3n) is 10.7. The molecule has 0 saturated carbocycles. The van der Waals surface area contributed by atoms with E-state index < -0.39 is 0 Å². The summed E-state index contributed by atoms with van der Waals surface area (Å²) in [6.45, 7) is 12.8. The highest BCUT2D eigenvalue weighted by molar-refractivity contribution is 5.70. The lowest BCUT2D eigenvalue weighted by molar-refractivity contribution is -0.145. The Bertz CT molecular complexity index is 818. The molecule has 0 aromatic rings. The summed E-state index contributed by atoms with van der Waals surface area (Å²) in [5.41, 5.74) is 0. The zero-order valence-corrected chi connectivity index (χ0v) is 37.3. The molecule has 0 atom stereocenters. The number of unbranched alkanes of at least 4 members (excludes halogenated alkanes) is 21. The van der Waals surface area contributed by atoms with E-state index in [9.17, 15) is 19.5 Å². The van der Waals surface area contributed by atoms with Gasteiger partial charge in [-0.3, -0.25) is 14.4 Å². The SMILES string of the molecule is CCCCCCCCCCOC(=O)CCCN(CCO)CCCN(CCCC(=O)OCCCCCCCCCC)CCCC(=O)OCCCCCCCCCC. The summed E-state index contributed by atoms with van der Waals surface area (Å²) in [6.07, 6.45) is 33.5. The van der Waals surface area contributed by atoms with Gasteiger partial charge in [0, 0.05) is 25.8 Å². The molecule has 0 aliphatic carbocycles. The van der Waals surface area contributed by atoms with Crippen LogP contribution in [0.3, 0.4) is 0 Å². The fraction of sp³-hybridized carbons (Fsp3) is 0.936. The van der Waals surface area contributed by atoms with Crippen molar-refractivity contribution in [2.24, 2.45) is 0 Å². The van der Waals surface area contributed by atoms with Gasteiger partial charge in [0.2, 0.25) is 0 Å². The lowest BCUT2D eigenvalue weighted by Crippen LogP contribution is -2.34. The second kappa shape index (κ2) is 44.4. The Kier molecular flexibility index (Phi) is 43.0. The van der Waals surface area contributed by atoms with Gasteiger partial charge in [0.15, 0.2) is 0 Å². The van der Waals surface area contributed by atoms with Crippen LogP contribution >= 0.6 is 0 Å². The van der Waals surface area contributed by atoms with Crippen molar-refractivity contribution in [2.75, 3.05) is 65.7 Å². The highest BCUT2D eigenvalue weighted by Gasteiger charge is 2.13. The molecule has 332 valence electrons. The first kappa shape index (κ1) is 54.3. The lowest BCUT2D eigenvalue weighted by Gasteiger charge is -2.25. The van der Waals surface area contributed by atoms with E-state index in [2.05, 4.69) is 30.6 Å². The summed E-state index contributed by atoms with van der Waals surface area (Å²) < 4.78 is 16.5. The van der Waals surface area contributed by atoms with Crippen LogP contribution in [0.25, 0.3) is 0 Å². The minimum atomic E-state index is -0.129. The number of aliphatic hydroxyl groups is 1. The first-order valence-corrected chi connectivity index (χ1v) is 24.0. The van der Waals surface area contributed by atoms with Crippen LogP contribution in [0.2, 0.25) is 0 Å². The number of carbonyl (C=O) groups excluding carboxylic acids is 3. The maximum absolute atomic E-state index is 12.5. The predicted octanol–water partition coefficient (Wildman–Crippen LogP) is 11.4. The highest BCUT2D eigenvalue weighted by Crippen LogP contribution is 2.12. The maximum atomic E-state index is 12.5. The van der Waals surface area contributed by atoms with Gasteiger partial charge >= 0.3 is 17.9 Å². The predicted molar refractivity (Wildman–Crippen MR) is 233 cm³/mol. The summed E-state index contributed by atoms with van der Waals surface area (Å²) in [7, 11) is 0. The number of esters is 3. The molecule has 56 heavy (non-hydrogen) atoms. The average Bonchev–Trinajstić information content (AvgIpc) is 3.18. The monoisotopic (exact) mass is 797 g/mol. The minimum Gasteiger partial charge on any atom is -0.466 e. The van der Waals surface area contributed by atoms with Crippen molar-refractivity contribution in [1.29, 1.82) is 0 Å². The summed E-state index contributed by atoms with van der Waals surface area (Å²) >= 11 is 0. The molecule has 0 spiro atoms. The topological polar surface area (TPSA) is 106 Å². The smallest absolute Gasteiger partial charge is 0.305 e. The fourth-order valence-electron chi connectivity index (χ4n) is 7.15. The molecule has 1 N–H and O–H groups in total. The van der Waals surface area contributed by atoms with Crippen molar-refractivity contribution in [2.45, 2.75) is 220 Å². The van der Waals surface area contributed by atoms with Crippen molar-refractivity contribution in [3.05, 3.63) is 0 Å². The van der Waals surface area contributed by atoms with Crippen LogP contribution in [0.15, 0.2) is 0 Å². The Labute approximate surface area is 346 Å². The second-order valence-electron chi connectivity index (χ2n) is 16.2. The van der Waals surface area contributed by atoms with Crippen LogP contribution in [0.4, 0.5) is 0 Å². The molecule has 9 heteroatoms. The molecular formula is C47H92N2O7. The van der Waals surface area contributed by atoms with Crippen molar-refractivity contribution in [1.82, 2.24) is 9.80 Å². The van der Waals surface area contributed by atoms with Gasteiger partial charge in [-0.25, -0.2) is 0 Å². The Morgan fingerprint density at radius 3 is 0.875 bits per heavy atom. The average molecular weight is 797 g/mol. The third-order valence-corrected chi connectivity index (χ3v) is 10.7. The van der Waals surface area contributed by atoms with Crippen LogP contribution < -0.4 is 0 Å². The molecule has 0 aliphatic rings. The number of nitrogens with zero attached hydrogens (tertiary/aromatic N) is 2. The lowest BCUT2D eigenvalue weighted by atomic mass is 10.1. The first-order valence-electron chi connectivity index (χ1n) is 24.0. The Morgan fingerprint density at radius 2 is 0.589 bits per heavy atom. The van der Waals surface area contributed by atoms with E-state index in [4.69, 9.17) is 14.2 Å². The Balaban J connectivity index is 4.55. The number of ether oxygens (including phenoxy) is 3. The molecule has 0 radical (unpaired) electrons. The molecule has 0 rings (SSSR count). The van der Waals surface area contributed by atoms with Gasteiger partial charge < -0.3 is 29.1 Å². The van der Waals surface area contributed by atoms with Crippen molar-refractivity contribution in [3.63, 3.8) is 0 Å². The largest absolute Gasteiger partial charge is 0.466 e. The molecule has 0 amide bonds. The molecule has 0 bridgehead atoms. The van der Waals surface area contributed by atoms with Gasteiger partial charge in [0.25, 0.3) is 0 Å².